The third kappa shape index (κ3) is 12.2. The molecule has 0 aliphatic heterocycles. The van der Waals surface area contributed by atoms with E-state index in [1.54, 1.807) is 24.3 Å². The van der Waals surface area contributed by atoms with Gasteiger partial charge in [-0.1, -0.05) is 143 Å². The van der Waals surface area contributed by atoms with Crippen molar-refractivity contribution in [3.8, 4) is 0 Å². The summed E-state index contributed by atoms with van der Waals surface area (Å²) in [5.74, 6) is 8.70. The topological polar surface area (TPSA) is 135 Å². The Labute approximate surface area is 472 Å². The van der Waals surface area contributed by atoms with Crippen molar-refractivity contribution in [3.63, 3.8) is 0 Å². The minimum Gasteiger partial charge on any atom is -0.446 e. The summed E-state index contributed by atoms with van der Waals surface area (Å²) in [5, 5.41) is 11.4. The summed E-state index contributed by atoms with van der Waals surface area (Å²) < 4.78 is 12.0. The van der Waals surface area contributed by atoms with Crippen molar-refractivity contribution in [1.82, 2.24) is 21.3 Å². The Morgan fingerprint density at radius 2 is 0.897 bits per heavy atom. The minimum absolute atomic E-state index is 0.151. The molecule has 1 aromatic carbocycles. The molecule has 0 spiro atoms. The predicted molar refractivity (Wildman–Crippen MR) is 314 cm³/mol. The van der Waals surface area contributed by atoms with E-state index in [1.165, 1.54) is 114 Å². The first-order valence-corrected chi connectivity index (χ1v) is 32.2. The normalized spacial score (nSPS) is 36.5. The van der Waals surface area contributed by atoms with Gasteiger partial charge in [-0.05, 0) is 195 Å². The molecule has 9 rings (SSSR count). The lowest BCUT2D eigenvalue weighted by molar-refractivity contribution is -0.0581. The molecule has 434 valence electrons. The highest BCUT2D eigenvalue weighted by molar-refractivity contribution is 6.07. The lowest BCUT2D eigenvalue weighted by Crippen LogP contribution is -2.51. The van der Waals surface area contributed by atoms with E-state index in [9.17, 15) is 19.2 Å². The molecule has 0 saturated heterocycles. The fraction of sp³-hybridized carbons (Fsp3) is 0.794. The van der Waals surface area contributed by atoms with Crippen LogP contribution in [0.15, 0.2) is 47.6 Å². The van der Waals surface area contributed by atoms with Crippen LogP contribution in [0.25, 0.3) is 0 Å². The van der Waals surface area contributed by atoms with Crippen molar-refractivity contribution >= 4 is 24.0 Å². The second-order valence-electron chi connectivity index (χ2n) is 29.0. The van der Waals surface area contributed by atoms with Gasteiger partial charge in [-0.25, -0.2) is 9.59 Å². The average molecular weight is 1080 g/mol. The lowest BCUT2D eigenvalue weighted by Gasteiger charge is -2.58. The molecule has 0 unspecified atom stereocenters. The Morgan fingerprint density at radius 3 is 1.29 bits per heavy atom. The van der Waals surface area contributed by atoms with Gasteiger partial charge >= 0.3 is 12.2 Å². The van der Waals surface area contributed by atoms with Crippen molar-refractivity contribution < 1.29 is 28.7 Å². The van der Waals surface area contributed by atoms with Crippen LogP contribution in [0.5, 0.6) is 0 Å². The van der Waals surface area contributed by atoms with Crippen LogP contribution in [0.2, 0.25) is 0 Å². The summed E-state index contributed by atoms with van der Waals surface area (Å²) in [4.78, 5) is 52.9. The molecule has 10 nitrogen and oxygen atoms in total. The standard InChI is InChI=1S/C68H106N4O6/c1-43(2)15-13-17-45(5)55-25-27-57-53-23-21-47-41-49(29-33-65(47,7)59(53)31-35-67(55,57)9)77-63(75)71-39-37-69-61(73)51-19-11-12-20-52(51)62(74)70-38-40-72-64(76)78-50-30-34-66(8)48(42-50)22-24-54-58-28-26-56(46(6)18-14-16-44(3)4)68(58,10)36-32-60(54)66/h11-12,19-22,43-46,49-50,53-60H,13-18,23-42H2,1-10H3,(H,69,73)(H,70,74)(H,71,75)(H,72,76)/t45-,46-,49+,50+,53+,54+,55-,56-,57+,58+,59+,60+,65+,66+,67-,68-/m1/s1. The molecule has 0 aromatic heterocycles. The number of hydrogen-bond donors (Lipinski definition) is 4. The van der Waals surface area contributed by atoms with Crippen LogP contribution in [-0.2, 0) is 9.47 Å². The van der Waals surface area contributed by atoms with E-state index in [4.69, 9.17) is 9.47 Å². The molecule has 4 N–H and O–H groups in total. The zero-order valence-electron chi connectivity index (χ0n) is 50.4. The number of carbonyl (C=O) groups is 4. The monoisotopic (exact) mass is 1070 g/mol. The zero-order chi connectivity index (χ0) is 55.6. The van der Waals surface area contributed by atoms with Gasteiger partial charge in [0.1, 0.15) is 12.2 Å². The average Bonchev–Trinajstić information content (AvgIpc) is 4.04. The lowest BCUT2D eigenvalue weighted by atomic mass is 9.47. The Kier molecular flexibility index (Phi) is 18.6. The van der Waals surface area contributed by atoms with Gasteiger partial charge in [-0.15, -0.1) is 0 Å². The van der Waals surface area contributed by atoms with Crippen LogP contribution in [0.4, 0.5) is 9.59 Å². The summed E-state index contributed by atoms with van der Waals surface area (Å²) >= 11 is 0. The van der Waals surface area contributed by atoms with Crippen LogP contribution in [-0.4, -0.2) is 62.4 Å². The number of carbonyl (C=O) groups excluding carboxylic acids is 4. The molecule has 0 radical (unpaired) electrons. The molecule has 8 aliphatic carbocycles. The molecule has 8 aliphatic rings. The van der Waals surface area contributed by atoms with Crippen molar-refractivity contribution in [3.05, 3.63) is 58.7 Å². The highest BCUT2D eigenvalue weighted by atomic mass is 16.6. The molecular weight excluding hydrogens is 969 g/mol. The molecule has 0 heterocycles. The molecule has 0 bridgehead atoms. The Morgan fingerprint density at radius 1 is 0.500 bits per heavy atom. The van der Waals surface area contributed by atoms with Crippen LogP contribution in [0.1, 0.15) is 231 Å². The third-order valence-corrected chi connectivity index (χ3v) is 23.8. The summed E-state index contributed by atoms with van der Waals surface area (Å²) in [6.07, 6.45) is 30.8. The van der Waals surface area contributed by atoms with E-state index in [0.717, 1.165) is 97.7 Å². The van der Waals surface area contributed by atoms with Gasteiger partial charge in [0.05, 0.1) is 11.1 Å². The first-order valence-electron chi connectivity index (χ1n) is 32.2. The van der Waals surface area contributed by atoms with Crippen LogP contribution in [0, 0.1) is 92.7 Å². The molecular formula is C68H106N4O6. The fourth-order valence-electron chi connectivity index (χ4n) is 19.6. The summed E-state index contributed by atoms with van der Waals surface area (Å²) in [6.45, 7) is 25.6. The third-order valence-electron chi connectivity index (χ3n) is 23.8. The molecule has 16 atom stereocenters. The van der Waals surface area contributed by atoms with Gasteiger partial charge in [0, 0.05) is 39.0 Å². The van der Waals surface area contributed by atoms with Crippen LogP contribution in [0.3, 0.4) is 0 Å². The molecule has 4 amide bonds. The number of alkyl carbamates (subject to hydrolysis) is 2. The van der Waals surface area contributed by atoms with Crippen molar-refractivity contribution in [1.29, 1.82) is 0 Å². The second-order valence-corrected chi connectivity index (χ2v) is 29.0. The number of fused-ring (bicyclic) bond motifs is 10. The smallest absolute Gasteiger partial charge is 0.407 e. The number of amides is 4. The van der Waals surface area contributed by atoms with E-state index in [1.807, 2.05) is 0 Å². The Bertz CT molecular complexity index is 2180. The maximum atomic E-state index is 13.4. The summed E-state index contributed by atoms with van der Waals surface area (Å²) in [7, 11) is 0. The molecule has 10 heteroatoms. The predicted octanol–water partition coefficient (Wildman–Crippen LogP) is 15.4. The van der Waals surface area contributed by atoms with Gasteiger partial charge in [-0.2, -0.15) is 0 Å². The van der Waals surface area contributed by atoms with Crippen LogP contribution >= 0.6 is 0 Å². The Hall–Kier alpha value is -3.82. The number of rotatable bonds is 20. The van der Waals surface area contributed by atoms with E-state index in [-0.39, 0.29) is 60.3 Å². The number of benzene rings is 1. The molecule has 6 saturated carbocycles. The molecule has 1 aromatic rings. The number of nitrogens with one attached hydrogen (secondary N) is 4. The van der Waals surface area contributed by atoms with Gasteiger partial charge in [0.2, 0.25) is 0 Å². The summed E-state index contributed by atoms with van der Waals surface area (Å²) in [6, 6.07) is 6.70. The van der Waals surface area contributed by atoms with Gasteiger partial charge < -0.3 is 30.7 Å². The minimum atomic E-state index is -0.458. The number of ether oxygens (including phenoxy) is 2. The number of hydrogen-bond acceptors (Lipinski definition) is 6. The van der Waals surface area contributed by atoms with Gasteiger partial charge in [0.15, 0.2) is 0 Å². The maximum Gasteiger partial charge on any atom is 0.407 e. The van der Waals surface area contributed by atoms with E-state index in [0.29, 0.717) is 22.7 Å². The van der Waals surface area contributed by atoms with E-state index >= 15 is 0 Å². The second kappa shape index (κ2) is 24.7. The van der Waals surface area contributed by atoms with E-state index in [2.05, 4.69) is 103 Å². The molecule has 6 fully saturated rings. The Balaban J connectivity index is 0.665. The van der Waals surface area contributed by atoms with Gasteiger partial charge in [-0.3, -0.25) is 9.59 Å². The quantitative estimate of drug-likeness (QED) is 0.0759. The highest BCUT2D eigenvalue weighted by Crippen LogP contribution is 2.69. The SMILES string of the molecule is CC(C)CCC[C@@H](C)[C@H]1CC[C@H]2[C@@H]3CC=C4C[C@@H](OC(=O)NCCNC(=O)c5ccccc5C(=O)NCCNC(=O)O[C@H]5CC[C@@]6(C)C(=CC[C@H]7[C@@H]8CC[C@H]([C@H](C)CCCC(C)C)[C@@]8(C)CC[C@@H]76)C5)CC[C@]4(C)[C@H]3CC[C@]12C. The first-order chi connectivity index (χ1) is 37.2. The fourth-order valence-corrected chi connectivity index (χ4v) is 19.6. The number of allylic oxidation sites excluding steroid dienone is 2. The van der Waals surface area contributed by atoms with E-state index < -0.39 is 24.0 Å². The van der Waals surface area contributed by atoms with Crippen molar-refractivity contribution in [2.75, 3.05) is 26.2 Å². The highest BCUT2D eigenvalue weighted by Gasteiger charge is 2.61. The largest absolute Gasteiger partial charge is 0.446 e. The maximum absolute atomic E-state index is 13.4. The summed E-state index contributed by atoms with van der Waals surface area (Å²) in [5.41, 5.74) is 4.78. The zero-order valence-corrected chi connectivity index (χ0v) is 50.4. The van der Waals surface area contributed by atoms with Crippen molar-refractivity contribution in [2.45, 2.75) is 223 Å². The molecule has 78 heavy (non-hydrogen) atoms. The van der Waals surface area contributed by atoms with Gasteiger partial charge in [0.25, 0.3) is 11.8 Å². The first kappa shape index (κ1) is 58.8. The van der Waals surface area contributed by atoms with Crippen molar-refractivity contribution in [2.24, 2.45) is 92.7 Å². The van der Waals surface area contributed by atoms with Crippen LogP contribution < -0.4 is 21.3 Å².